The summed E-state index contributed by atoms with van der Waals surface area (Å²) in [4.78, 5) is 13.2. The van der Waals surface area contributed by atoms with Gasteiger partial charge in [-0.05, 0) is 20.7 Å². The fourth-order valence-electron chi connectivity index (χ4n) is 3.16. The molecule has 1 atom stereocenters. The molecule has 0 saturated heterocycles. The molecule has 0 aliphatic rings. The van der Waals surface area contributed by atoms with E-state index in [0.29, 0.717) is 18.2 Å². The number of carbonyl (C=O) groups excluding carboxylic acids is 1. The average molecular weight is 580 g/mol. The Kier molecular flexibility index (Phi) is 14.6. The fraction of sp³-hybridized carbons (Fsp3) is 0.458. The predicted molar refractivity (Wildman–Crippen MR) is 128 cm³/mol. The monoisotopic (exact) mass is 580 g/mol. The van der Waals surface area contributed by atoms with E-state index in [2.05, 4.69) is 0 Å². The molecule has 0 aliphatic carbocycles. The maximum Gasteiger partial charge on any atom is 1.00 e. The van der Waals surface area contributed by atoms with Crippen LogP contribution in [0.25, 0.3) is 0 Å². The van der Waals surface area contributed by atoms with Gasteiger partial charge >= 0.3 is 31.2 Å². The van der Waals surface area contributed by atoms with Crippen molar-refractivity contribution >= 4 is 19.4 Å². The summed E-state index contributed by atoms with van der Waals surface area (Å²) in [5.41, 5.74) is -6.25. The summed E-state index contributed by atoms with van der Waals surface area (Å²) in [6.07, 6.45) is -10.4. The zero-order valence-electron chi connectivity index (χ0n) is 22.8. The molecule has 0 bridgehead atoms. The van der Waals surface area contributed by atoms with Crippen LogP contribution in [-0.2, 0) is 26.6 Å². The van der Waals surface area contributed by atoms with Gasteiger partial charge in [0, 0.05) is 39.0 Å². The third-order valence-corrected chi connectivity index (χ3v) is 6.05. The minimum atomic E-state index is -5.20. The smallest absolute Gasteiger partial charge is 1.00 e. The minimum absolute atomic E-state index is 0. The van der Waals surface area contributed by atoms with E-state index in [4.69, 9.17) is 28.4 Å². The topological polar surface area (TPSA) is 72.5 Å². The zero-order valence-corrected chi connectivity index (χ0v) is 22.8. The van der Waals surface area contributed by atoms with Gasteiger partial charge in [-0.2, -0.15) is 26.3 Å². The largest absolute Gasteiger partial charge is 1.00 e. The molecule has 0 aliphatic heterocycles. The van der Waals surface area contributed by atoms with Crippen LogP contribution in [0, 0.1) is 0 Å². The Labute approximate surface area is 236 Å². The van der Waals surface area contributed by atoms with E-state index in [0.717, 1.165) is 0 Å². The summed E-state index contributed by atoms with van der Waals surface area (Å²) < 4.78 is 114. The van der Waals surface area contributed by atoms with E-state index in [1.165, 1.54) is 33.5 Å². The minimum Gasteiger partial charge on any atom is -1.00 e. The van der Waals surface area contributed by atoms with E-state index < -0.39 is 43.1 Å². The van der Waals surface area contributed by atoms with Crippen LogP contribution in [0.5, 0.6) is 17.2 Å². The molecule has 2 aromatic rings. The van der Waals surface area contributed by atoms with Gasteiger partial charge in [-0.15, -0.1) is 0 Å². The summed E-state index contributed by atoms with van der Waals surface area (Å²) in [7, 11) is 3.06. The number of alkyl halides is 6. The van der Waals surface area contributed by atoms with Crippen molar-refractivity contribution in [3.05, 3.63) is 47.0 Å². The number of carbonyl (C=O) groups is 1. The molecular formula is C24H28F6LiO7P. The maximum atomic E-state index is 13.7. The molecule has 39 heavy (non-hydrogen) atoms. The van der Waals surface area contributed by atoms with Crippen LogP contribution >= 0.6 is 8.58 Å². The van der Waals surface area contributed by atoms with E-state index >= 15 is 0 Å². The van der Waals surface area contributed by atoms with Crippen LogP contribution in [0.15, 0.2) is 30.3 Å². The van der Waals surface area contributed by atoms with Gasteiger partial charge in [-0.25, -0.2) is 0 Å². The van der Waals surface area contributed by atoms with Gasteiger partial charge in [0.15, 0.2) is 5.52 Å². The van der Waals surface area contributed by atoms with Crippen molar-refractivity contribution in [1.82, 2.24) is 0 Å². The number of benzene rings is 2. The molecule has 0 saturated carbocycles. The quantitative estimate of drug-likeness (QED) is 0.138. The van der Waals surface area contributed by atoms with Crippen LogP contribution in [0.1, 0.15) is 22.9 Å². The summed E-state index contributed by atoms with van der Waals surface area (Å²) in [5.74, 6) is 0.179. The second-order valence-electron chi connectivity index (χ2n) is 7.50. The SMILES string of the molecule is COCCOc1cc(OCCOC)c(PC(=O)c2c(C(F)(F)F)cccc2C(F)(F)F)c(OCCOC)c1.[H-].[Li+]. The first-order valence-corrected chi connectivity index (χ1v) is 12.1. The Hall–Kier alpha value is -2.00. The summed E-state index contributed by atoms with van der Waals surface area (Å²) in [6, 6.07) is 4.21. The van der Waals surface area contributed by atoms with E-state index in [1.54, 1.807) is 0 Å². The van der Waals surface area contributed by atoms with Crippen LogP contribution in [0.4, 0.5) is 26.3 Å². The van der Waals surface area contributed by atoms with Gasteiger partial charge in [-0.3, -0.25) is 4.79 Å². The predicted octanol–water partition coefficient (Wildman–Crippen LogP) is 2.06. The standard InChI is InChI=1S/C24H27F6O7P.Li.H/c1-32-7-10-35-15-13-18(36-11-8-33-2)21(19(14-15)37-12-9-34-3)38-22(31)20-16(23(25,26)27)5-4-6-17(20)24(28,29)30;;/h4-6,13-14,38H,7-12H2,1-3H3;;/q;+1;-1. The van der Waals surface area contributed by atoms with E-state index in [1.807, 2.05) is 0 Å². The van der Waals surface area contributed by atoms with Crippen molar-refractivity contribution in [2.24, 2.45) is 0 Å². The first-order chi connectivity index (χ1) is 17.9. The van der Waals surface area contributed by atoms with Gasteiger partial charge in [0.1, 0.15) is 37.1 Å². The molecule has 0 amide bonds. The van der Waals surface area contributed by atoms with E-state index in [9.17, 15) is 31.1 Å². The van der Waals surface area contributed by atoms with E-state index in [-0.39, 0.29) is 82.5 Å². The Morgan fingerprint density at radius 3 is 1.54 bits per heavy atom. The molecule has 0 aromatic heterocycles. The second-order valence-corrected chi connectivity index (χ2v) is 8.70. The van der Waals surface area contributed by atoms with Crippen molar-refractivity contribution in [1.29, 1.82) is 0 Å². The van der Waals surface area contributed by atoms with Crippen LogP contribution in [0.2, 0.25) is 0 Å². The van der Waals surface area contributed by atoms with Crippen molar-refractivity contribution < 1.29 is 79.8 Å². The van der Waals surface area contributed by atoms with Crippen LogP contribution < -0.4 is 38.4 Å². The van der Waals surface area contributed by atoms with Gasteiger partial charge in [0.25, 0.3) is 0 Å². The van der Waals surface area contributed by atoms with Crippen molar-refractivity contribution in [2.45, 2.75) is 12.4 Å². The van der Waals surface area contributed by atoms with Crippen molar-refractivity contribution in [2.75, 3.05) is 61.0 Å². The molecule has 0 radical (unpaired) electrons. The molecule has 2 aromatic carbocycles. The Morgan fingerprint density at radius 1 is 0.744 bits per heavy atom. The van der Waals surface area contributed by atoms with Crippen LogP contribution in [0.3, 0.4) is 0 Å². The number of methoxy groups -OCH3 is 3. The van der Waals surface area contributed by atoms with Gasteiger partial charge in [0.2, 0.25) is 0 Å². The molecule has 1 unspecified atom stereocenters. The molecule has 15 heteroatoms. The zero-order chi connectivity index (χ0) is 28.3. The van der Waals surface area contributed by atoms with Crippen molar-refractivity contribution in [3.63, 3.8) is 0 Å². The molecule has 214 valence electrons. The average Bonchev–Trinajstić information content (AvgIpc) is 2.84. The third-order valence-electron chi connectivity index (χ3n) is 4.83. The number of hydrogen-bond acceptors (Lipinski definition) is 7. The summed E-state index contributed by atoms with van der Waals surface area (Å²) in [5, 5.41) is -0.0357. The normalized spacial score (nSPS) is 11.9. The molecular weight excluding hydrogens is 552 g/mol. The summed E-state index contributed by atoms with van der Waals surface area (Å²) >= 11 is 0. The Bertz CT molecular complexity index is 1010. The third kappa shape index (κ3) is 10.5. The maximum absolute atomic E-state index is 13.7. The van der Waals surface area contributed by atoms with Crippen LogP contribution in [-0.4, -0.2) is 66.5 Å². The first-order valence-electron chi connectivity index (χ1n) is 11.1. The molecule has 0 N–H and O–H groups in total. The van der Waals surface area contributed by atoms with Gasteiger partial charge in [-0.1, -0.05) is 6.07 Å². The van der Waals surface area contributed by atoms with Crippen molar-refractivity contribution in [3.8, 4) is 17.2 Å². The molecule has 0 spiro atoms. The number of hydrogen-bond donors (Lipinski definition) is 0. The Balaban J connectivity index is 0.00000760. The molecule has 0 heterocycles. The molecule has 2 rings (SSSR count). The fourth-order valence-corrected chi connectivity index (χ4v) is 4.31. The number of rotatable bonds is 15. The van der Waals surface area contributed by atoms with Gasteiger partial charge in [0.05, 0.1) is 36.3 Å². The number of ether oxygens (including phenoxy) is 6. The summed E-state index contributed by atoms with van der Waals surface area (Å²) in [6.45, 7) is 0.513. The molecule has 7 nitrogen and oxygen atoms in total. The first kappa shape index (κ1) is 35.0. The van der Waals surface area contributed by atoms with Gasteiger partial charge < -0.3 is 29.8 Å². The number of halogens is 6. The Morgan fingerprint density at radius 2 is 1.15 bits per heavy atom. The second kappa shape index (κ2) is 16.3. The molecule has 0 fully saturated rings.